The standard InChI is InChI=1S/C23H20ClNO4S/c1-17-7-14-21(15-8-17)30(27,28)25(19-10-12-20(29-2)13-11-19)23(26)16-9-18-5-3-4-6-22(18)24/h3-16H,1-2H3/b16-9+. The lowest BCUT2D eigenvalue weighted by atomic mass is 10.2. The van der Waals surface area contributed by atoms with Crippen molar-refractivity contribution in [3.63, 3.8) is 0 Å². The Labute approximate surface area is 181 Å². The summed E-state index contributed by atoms with van der Waals surface area (Å²) in [5.41, 5.74) is 1.72. The molecule has 7 heteroatoms. The van der Waals surface area contributed by atoms with Crippen LogP contribution < -0.4 is 9.04 Å². The van der Waals surface area contributed by atoms with E-state index in [0.717, 1.165) is 9.87 Å². The van der Waals surface area contributed by atoms with Crippen LogP contribution in [0.4, 0.5) is 5.69 Å². The highest BCUT2D eigenvalue weighted by Gasteiger charge is 2.29. The third-order valence-electron chi connectivity index (χ3n) is 4.38. The molecule has 3 aromatic rings. The van der Waals surface area contributed by atoms with Gasteiger partial charge in [0.1, 0.15) is 5.75 Å². The van der Waals surface area contributed by atoms with Crippen molar-refractivity contribution in [1.82, 2.24) is 0 Å². The van der Waals surface area contributed by atoms with Crippen molar-refractivity contribution in [3.8, 4) is 5.75 Å². The molecule has 5 nitrogen and oxygen atoms in total. The molecular formula is C23H20ClNO4S. The van der Waals surface area contributed by atoms with E-state index in [4.69, 9.17) is 16.3 Å². The number of benzene rings is 3. The number of hydrogen-bond acceptors (Lipinski definition) is 4. The molecule has 0 unspecified atom stereocenters. The predicted molar refractivity (Wildman–Crippen MR) is 119 cm³/mol. The van der Waals surface area contributed by atoms with Crippen LogP contribution in [-0.2, 0) is 14.8 Å². The second kappa shape index (κ2) is 9.15. The SMILES string of the molecule is COc1ccc(N(C(=O)/C=C/c2ccccc2Cl)S(=O)(=O)c2ccc(C)cc2)cc1. The Balaban J connectivity index is 2.05. The number of nitrogens with zero attached hydrogens (tertiary/aromatic N) is 1. The van der Waals surface area contributed by atoms with E-state index in [1.165, 1.54) is 43.5 Å². The van der Waals surface area contributed by atoms with Gasteiger partial charge < -0.3 is 4.74 Å². The molecule has 0 atom stereocenters. The number of methoxy groups -OCH3 is 1. The molecule has 30 heavy (non-hydrogen) atoms. The zero-order valence-electron chi connectivity index (χ0n) is 16.4. The lowest BCUT2D eigenvalue weighted by Crippen LogP contribution is -2.35. The second-order valence-electron chi connectivity index (χ2n) is 6.47. The van der Waals surface area contributed by atoms with E-state index in [0.29, 0.717) is 16.3 Å². The maximum Gasteiger partial charge on any atom is 0.271 e. The minimum atomic E-state index is -4.15. The van der Waals surface area contributed by atoms with E-state index in [2.05, 4.69) is 0 Å². The van der Waals surface area contributed by atoms with Crippen molar-refractivity contribution >= 4 is 39.3 Å². The van der Waals surface area contributed by atoms with Gasteiger partial charge in [0.15, 0.2) is 0 Å². The number of rotatable bonds is 6. The fourth-order valence-corrected chi connectivity index (χ4v) is 4.34. The molecule has 0 bridgehead atoms. The van der Waals surface area contributed by atoms with Crippen molar-refractivity contribution in [2.24, 2.45) is 0 Å². The van der Waals surface area contributed by atoms with Crippen LogP contribution in [0.3, 0.4) is 0 Å². The Morgan fingerprint density at radius 2 is 1.60 bits per heavy atom. The molecule has 0 aromatic heterocycles. The van der Waals surface area contributed by atoms with Gasteiger partial charge >= 0.3 is 0 Å². The summed E-state index contributed by atoms with van der Waals surface area (Å²) in [4.78, 5) is 13.1. The number of carbonyl (C=O) groups is 1. The zero-order chi connectivity index (χ0) is 21.7. The molecule has 0 N–H and O–H groups in total. The fraction of sp³-hybridized carbons (Fsp3) is 0.0870. The van der Waals surface area contributed by atoms with E-state index in [9.17, 15) is 13.2 Å². The summed E-state index contributed by atoms with van der Waals surface area (Å²) in [7, 11) is -2.64. The van der Waals surface area contributed by atoms with Crippen LogP contribution in [-0.4, -0.2) is 21.4 Å². The van der Waals surface area contributed by atoms with Crippen LogP contribution in [0, 0.1) is 6.92 Å². The monoisotopic (exact) mass is 441 g/mol. The topological polar surface area (TPSA) is 63.7 Å². The summed E-state index contributed by atoms with van der Waals surface area (Å²) in [5, 5.41) is 0.457. The highest BCUT2D eigenvalue weighted by atomic mass is 35.5. The van der Waals surface area contributed by atoms with Crippen molar-refractivity contribution < 1.29 is 17.9 Å². The molecule has 0 aliphatic carbocycles. The average molecular weight is 442 g/mol. The highest BCUT2D eigenvalue weighted by molar-refractivity contribution is 7.93. The van der Waals surface area contributed by atoms with E-state index < -0.39 is 15.9 Å². The number of anilines is 1. The third-order valence-corrected chi connectivity index (χ3v) is 6.46. The third kappa shape index (κ3) is 4.72. The molecule has 0 spiro atoms. The summed E-state index contributed by atoms with van der Waals surface area (Å²) < 4.78 is 32.6. The Morgan fingerprint density at radius 3 is 2.20 bits per heavy atom. The van der Waals surface area contributed by atoms with Crippen LogP contribution in [0.2, 0.25) is 5.02 Å². The number of aryl methyl sites for hydroxylation is 1. The lowest BCUT2D eigenvalue weighted by Gasteiger charge is -2.21. The first-order valence-electron chi connectivity index (χ1n) is 9.05. The highest BCUT2D eigenvalue weighted by Crippen LogP contribution is 2.27. The first-order valence-corrected chi connectivity index (χ1v) is 10.9. The van der Waals surface area contributed by atoms with Gasteiger partial charge in [0.05, 0.1) is 17.7 Å². The molecule has 1 amide bonds. The van der Waals surface area contributed by atoms with Gasteiger partial charge in [-0.25, -0.2) is 8.42 Å². The van der Waals surface area contributed by atoms with E-state index in [1.54, 1.807) is 48.5 Å². The largest absolute Gasteiger partial charge is 0.497 e. The molecule has 0 heterocycles. The van der Waals surface area contributed by atoms with Gasteiger partial charge in [-0.2, -0.15) is 4.31 Å². The number of halogens is 1. The molecule has 0 fully saturated rings. The maximum atomic E-state index is 13.3. The first kappa shape index (κ1) is 21.6. The second-order valence-corrected chi connectivity index (χ2v) is 8.67. The van der Waals surface area contributed by atoms with Crippen molar-refractivity contribution in [2.75, 3.05) is 11.4 Å². The normalized spacial score (nSPS) is 11.4. The average Bonchev–Trinajstić information content (AvgIpc) is 2.74. The number of carbonyl (C=O) groups excluding carboxylic acids is 1. The van der Waals surface area contributed by atoms with Crippen molar-refractivity contribution in [1.29, 1.82) is 0 Å². The number of amides is 1. The van der Waals surface area contributed by atoms with Crippen molar-refractivity contribution in [2.45, 2.75) is 11.8 Å². The fourth-order valence-electron chi connectivity index (χ4n) is 2.76. The maximum absolute atomic E-state index is 13.3. The quantitative estimate of drug-likeness (QED) is 0.499. The molecule has 0 radical (unpaired) electrons. The van der Waals surface area contributed by atoms with E-state index in [-0.39, 0.29) is 10.6 Å². The summed E-state index contributed by atoms with van der Waals surface area (Å²) >= 11 is 6.13. The van der Waals surface area contributed by atoms with Crippen LogP contribution in [0.5, 0.6) is 5.75 Å². The van der Waals surface area contributed by atoms with Crippen LogP contribution in [0.15, 0.2) is 83.8 Å². The summed E-state index contributed by atoms with van der Waals surface area (Å²) in [5.74, 6) is -0.175. The van der Waals surface area contributed by atoms with Gasteiger partial charge in [-0.05, 0) is 61.0 Å². The Kier molecular flexibility index (Phi) is 6.59. The smallest absolute Gasteiger partial charge is 0.271 e. The van der Waals surface area contributed by atoms with Gasteiger partial charge in [0, 0.05) is 11.1 Å². The minimum Gasteiger partial charge on any atom is -0.497 e. The number of sulfonamides is 1. The van der Waals surface area contributed by atoms with Crippen LogP contribution >= 0.6 is 11.6 Å². The first-order chi connectivity index (χ1) is 14.3. The molecule has 0 saturated carbocycles. The number of hydrogen-bond donors (Lipinski definition) is 0. The van der Waals surface area contributed by atoms with Gasteiger partial charge in [-0.1, -0.05) is 47.5 Å². The van der Waals surface area contributed by atoms with Crippen molar-refractivity contribution in [3.05, 3.63) is 95.0 Å². The van der Waals surface area contributed by atoms with Gasteiger partial charge in [-0.3, -0.25) is 4.79 Å². The zero-order valence-corrected chi connectivity index (χ0v) is 18.0. The Hall–Kier alpha value is -3.09. The molecule has 0 aliphatic rings. The van der Waals surface area contributed by atoms with Gasteiger partial charge in [0.25, 0.3) is 15.9 Å². The summed E-state index contributed by atoms with van der Waals surface area (Å²) in [6.07, 6.45) is 2.68. The van der Waals surface area contributed by atoms with E-state index in [1.807, 2.05) is 6.92 Å². The predicted octanol–water partition coefficient (Wildman–Crippen LogP) is 5.09. The Bertz CT molecular complexity index is 1170. The van der Waals surface area contributed by atoms with Crippen LogP contribution in [0.25, 0.3) is 6.08 Å². The molecule has 0 saturated heterocycles. The molecule has 0 aliphatic heterocycles. The molecule has 154 valence electrons. The minimum absolute atomic E-state index is 0.0170. The molecular weight excluding hydrogens is 422 g/mol. The molecule has 3 aromatic carbocycles. The van der Waals surface area contributed by atoms with E-state index >= 15 is 0 Å². The summed E-state index contributed by atoms with van der Waals surface area (Å²) in [6, 6.07) is 19.5. The number of ether oxygens (including phenoxy) is 1. The van der Waals surface area contributed by atoms with Gasteiger partial charge in [0.2, 0.25) is 0 Å². The summed E-state index contributed by atoms with van der Waals surface area (Å²) in [6.45, 7) is 1.86. The lowest BCUT2D eigenvalue weighted by molar-refractivity contribution is -0.113. The van der Waals surface area contributed by atoms with Gasteiger partial charge in [-0.15, -0.1) is 0 Å². The molecule has 3 rings (SSSR count). The van der Waals surface area contributed by atoms with Crippen LogP contribution in [0.1, 0.15) is 11.1 Å². The Morgan fingerprint density at radius 1 is 0.967 bits per heavy atom.